The highest BCUT2D eigenvalue weighted by molar-refractivity contribution is 7.85. The number of halogens is 2. The van der Waals surface area contributed by atoms with Crippen LogP contribution in [-0.4, -0.2) is 15.0 Å². The molecule has 0 aliphatic carbocycles. The quantitative estimate of drug-likeness (QED) is 0.145. The summed E-state index contributed by atoms with van der Waals surface area (Å²) < 4.78 is 44.8. The lowest BCUT2D eigenvalue weighted by atomic mass is 9.92. The highest BCUT2D eigenvalue weighted by atomic mass is 31.2. The van der Waals surface area contributed by atoms with E-state index in [1.807, 2.05) is 109 Å². The summed E-state index contributed by atoms with van der Waals surface area (Å²) in [6.07, 6.45) is 0. The van der Waals surface area contributed by atoms with E-state index in [2.05, 4.69) is 51.4 Å². The predicted molar refractivity (Wildman–Crippen MR) is 224 cm³/mol. The molecule has 0 saturated carbocycles. The third-order valence-electron chi connectivity index (χ3n) is 10.0. The molecule has 0 amide bonds. The Balaban J connectivity index is 1.08. The van der Waals surface area contributed by atoms with Crippen molar-refractivity contribution < 1.29 is 13.3 Å². The Hall–Kier alpha value is -6.88. The van der Waals surface area contributed by atoms with Crippen molar-refractivity contribution in [3.8, 4) is 56.4 Å². The minimum Gasteiger partial charge on any atom is -0.309 e. The molecule has 7 heteroatoms. The molecule has 1 aromatic heterocycles. The van der Waals surface area contributed by atoms with Crippen molar-refractivity contribution in [2.45, 2.75) is 0 Å². The molecule has 4 nitrogen and oxygen atoms in total. The molecular formula is C49H32F2N3OP. The number of aromatic nitrogens is 3. The zero-order valence-corrected chi connectivity index (χ0v) is 30.8. The molecule has 1 heterocycles. The highest BCUT2D eigenvalue weighted by Gasteiger charge is 2.29. The van der Waals surface area contributed by atoms with Gasteiger partial charge in [-0.3, -0.25) is 0 Å². The molecule has 0 unspecified atom stereocenters. The maximum absolute atomic E-state index is 14.9. The summed E-state index contributed by atoms with van der Waals surface area (Å²) in [6.45, 7) is 0. The third kappa shape index (κ3) is 6.40. The Labute approximate surface area is 323 Å². The molecule has 0 radical (unpaired) electrons. The van der Waals surface area contributed by atoms with Crippen LogP contribution in [0.15, 0.2) is 194 Å². The zero-order chi connectivity index (χ0) is 38.1. The fraction of sp³-hybridized carbons (Fsp3) is 0. The maximum Gasteiger partial charge on any atom is 0.171 e. The SMILES string of the molecule is O=P(c1ccccc1)(c1ccccc1)c1ccc(-c2ccc(-c3ccc(-c4nc(-c5ccccc5F)nc(-c5ccccc5F)n4)cc3)c3ccccc23)cc1. The first-order valence-corrected chi connectivity index (χ1v) is 19.9. The van der Waals surface area contributed by atoms with E-state index in [4.69, 9.17) is 0 Å². The monoisotopic (exact) mass is 747 g/mol. The van der Waals surface area contributed by atoms with Crippen LogP contribution in [0.4, 0.5) is 8.78 Å². The lowest BCUT2D eigenvalue weighted by Crippen LogP contribution is -2.24. The molecule has 268 valence electrons. The summed E-state index contributed by atoms with van der Waals surface area (Å²) >= 11 is 0. The second-order valence-corrected chi connectivity index (χ2v) is 16.1. The van der Waals surface area contributed by atoms with Crippen LogP contribution in [0.5, 0.6) is 0 Å². The van der Waals surface area contributed by atoms with Crippen molar-refractivity contribution in [2.24, 2.45) is 0 Å². The van der Waals surface area contributed by atoms with Gasteiger partial charge >= 0.3 is 0 Å². The Kier molecular flexibility index (Phi) is 9.18. The molecule has 0 N–H and O–H groups in total. The van der Waals surface area contributed by atoms with Gasteiger partial charge in [-0.15, -0.1) is 0 Å². The summed E-state index contributed by atoms with van der Waals surface area (Å²) in [6, 6.07) is 60.4. The average molecular weight is 748 g/mol. The summed E-state index contributed by atoms with van der Waals surface area (Å²) in [5.74, 6) is -0.424. The van der Waals surface area contributed by atoms with E-state index >= 15 is 0 Å². The van der Waals surface area contributed by atoms with Gasteiger partial charge in [-0.2, -0.15) is 0 Å². The first-order valence-electron chi connectivity index (χ1n) is 18.2. The number of rotatable bonds is 8. The molecule has 0 saturated heterocycles. The van der Waals surface area contributed by atoms with Crippen LogP contribution < -0.4 is 15.9 Å². The number of benzene rings is 8. The molecule has 8 aromatic carbocycles. The Morgan fingerprint density at radius 3 is 1.14 bits per heavy atom. The van der Waals surface area contributed by atoms with E-state index in [9.17, 15) is 13.3 Å². The van der Waals surface area contributed by atoms with Crippen molar-refractivity contribution in [3.05, 3.63) is 206 Å². The summed E-state index contributed by atoms with van der Waals surface area (Å²) in [7, 11) is -3.10. The maximum atomic E-state index is 14.9. The van der Waals surface area contributed by atoms with E-state index < -0.39 is 18.8 Å². The second-order valence-electron chi connectivity index (χ2n) is 13.4. The summed E-state index contributed by atoms with van der Waals surface area (Å²) in [5, 5.41) is 4.53. The molecule has 0 spiro atoms. The number of hydrogen-bond donors (Lipinski definition) is 0. The van der Waals surface area contributed by atoms with Crippen LogP contribution in [0.25, 0.3) is 67.2 Å². The number of fused-ring (bicyclic) bond motifs is 1. The number of hydrogen-bond acceptors (Lipinski definition) is 4. The Bertz CT molecular complexity index is 2790. The molecule has 0 aliphatic rings. The largest absolute Gasteiger partial charge is 0.309 e. The second kappa shape index (κ2) is 14.7. The van der Waals surface area contributed by atoms with E-state index in [0.717, 1.165) is 48.9 Å². The van der Waals surface area contributed by atoms with Gasteiger partial charge in [-0.25, -0.2) is 23.7 Å². The first kappa shape index (κ1) is 34.9. The molecule has 0 atom stereocenters. The third-order valence-corrected chi connectivity index (χ3v) is 13.1. The summed E-state index contributed by atoms with van der Waals surface area (Å²) in [5.41, 5.74) is 5.19. The van der Waals surface area contributed by atoms with Crippen LogP contribution in [0.3, 0.4) is 0 Å². The Morgan fingerprint density at radius 1 is 0.321 bits per heavy atom. The van der Waals surface area contributed by atoms with Gasteiger partial charge < -0.3 is 4.57 Å². The van der Waals surface area contributed by atoms with Crippen LogP contribution in [-0.2, 0) is 4.57 Å². The lowest BCUT2D eigenvalue weighted by molar-refractivity contribution is 0.592. The minimum absolute atomic E-state index is 0.119. The van der Waals surface area contributed by atoms with E-state index in [0.29, 0.717) is 11.4 Å². The van der Waals surface area contributed by atoms with Gasteiger partial charge in [-0.1, -0.05) is 170 Å². The zero-order valence-electron chi connectivity index (χ0n) is 29.9. The highest BCUT2D eigenvalue weighted by Crippen LogP contribution is 2.43. The van der Waals surface area contributed by atoms with Crippen LogP contribution >= 0.6 is 7.14 Å². The fourth-order valence-electron chi connectivity index (χ4n) is 7.21. The molecule has 9 rings (SSSR count). The van der Waals surface area contributed by atoms with Gasteiger partial charge in [0.2, 0.25) is 0 Å². The molecule has 0 bridgehead atoms. The first-order chi connectivity index (χ1) is 27.5. The van der Waals surface area contributed by atoms with Crippen LogP contribution in [0.1, 0.15) is 0 Å². The lowest BCUT2D eigenvalue weighted by Gasteiger charge is -2.20. The molecule has 0 fully saturated rings. The van der Waals surface area contributed by atoms with Crippen LogP contribution in [0, 0.1) is 11.6 Å². The topological polar surface area (TPSA) is 55.7 Å². The molecular weight excluding hydrogens is 716 g/mol. The molecule has 0 aliphatic heterocycles. The number of nitrogens with zero attached hydrogens (tertiary/aromatic N) is 3. The van der Waals surface area contributed by atoms with Crippen LogP contribution in [0.2, 0.25) is 0 Å². The van der Waals surface area contributed by atoms with Gasteiger partial charge in [0.1, 0.15) is 11.6 Å². The van der Waals surface area contributed by atoms with Crippen molar-refractivity contribution in [1.29, 1.82) is 0 Å². The van der Waals surface area contributed by atoms with Crippen molar-refractivity contribution in [2.75, 3.05) is 0 Å². The normalized spacial score (nSPS) is 11.5. The average Bonchev–Trinajstić information content (AvgIpc) is 3.26. The minimum atomic E-state index is -3.10. The Morgan fingerprint density at radius 2 is 0.679 bits per heavy atom. The van der Waals surface area contributed by atoms with Gasteiger partial charge in [0.15, 0.2) is 24.6 Å². The van der Waals surface area contributed by atoms with Crippen molar-refractivity contribution >= 4 is 33.8 Å². The molecule has 9 aromatic rings. The van der Waals surface area contributed by atoms with Crippen molar-refractivity contribution in [3.63, 3.8) is 0 Å². The fourth-order valence-corrected chi connectivity index (χ4v) is 9.85. The van der Waals surface area contributed by atoms with E-state index in [1.165, 1.54) is 12.1 Å². The van der Waals surface area contributed by atoms with Gasteiger partial charge in [0, 0.05) is 21.5 Å². The van der Waals surface area contributed by atoms with Gasteiger partial charge in [-0.05, 0) is 57.3 Å². The van der Waals surface area contributed by atoms with Gasteiger partial charge in [0.25, 0.3) is 0 Å². The smallest absolute Gasteiger partial charge is 0.171 e. The summed E-state index contributed by atoms with van der Waals surface area (Å²) in [4.78, 5) is 13.8. The van der Waals surface area contributed by atoms with E-state index in [1.54, 1.807) is 36.4 Å². The standard InChI is InChI=1S/C49H32F2N3OP/c50-45-21-11-9-19-43(45)48-52-47(53-49(54-48)44-20-10-12-22-46(44)51)35-25-23-33(24-26-35)39-31-32-40(42-18-8-7-17-41(39)42)34-27-29-38(30-28-34)56(55,36-13-3-1-4-14-36)37-15-5-2-6-16-37/h1-32H. The molecule has 56 heavy (non-hydrogen) atoms. The van der Waals surface area contributed by atoms with E-state index in [-0.39, 0.29) is 22.8 Å². The van der Waals surface area contributed by atoms with Crippen molar-refractivity contribution in [1.82, 2.24) is 15.0 Å². The predicted octanol–water partition coefficient (Wildman–Crippen LogP) is 11.3. The van der Waals surface area contributed by atoms with Gasteiger partial charge in [0.05, 0.1) is 11.1 Å².